The smallest absolute Gasteiger partial charge is 0.310 e. The van der Waals surface area contributed by atoms with Gasteiger partial charge >= 0.3 is 5.97 Å². The number of hydrogen-bond donors (Lipinski definition) is 4. The highest BCUT2D eigenvalue weighted by Crippen LogP contribution is 2.23. The van der Waals surface area contributed by atoms with Gasteiger partial charge in [0, 0.05) is 12.7 Å². The average Bonchev–Trinajstić information content (AvgIpc) is 2.36. The van der Waals surface area contributed by atoms with E-state index in [0.29, 0.717) is 6.42 Å². The molecule has 98 valence electrons. The molecule has 1 rings (SSSR count). The highest BCUT2D eigenvalue weighted by molar-refractivity contribution is 5.90. The molecule has 0 saturated carbocycles. The first-order valence-corrected chi connectivity index (χ1v) is 5.94. The molecule has 0 radical (unpaired) electrons. The van der Waals surface area contributed by atoms with Crippen molar-refractivity contribution >= 4 is 17.6 Å². The molecule has 18 heavy (non-hydrogen) atoms. The molecule has 0 bridgehead atoms. The van der Waals surface area contributed by atoms with Gasteiger partial charge in [-0.3, -0.25) is 10.2 Å². The summed E-state index contributed by atoms with van der Waals surface area (Å²) in [5.41, 5.74) is 1.56. The van der Waals surface area contributed by atoms with Gasteiger partial charge in [-0.05, 0) is 24.1 Å². The van der Waals surface area contributed by atoms with Crippen molar-refractivity contribution in [3.05, 3.63) is 29.8 Å². The molecule has 4 N–H and O–H groups in total. The first-order chi connectivity index (χ1) is 8.58. The molecule has 0 aliphatic heterocycles. The maximum Gasteiger partial charge on any atom is 0.310 e. The van der Waals surface area contributed by atoms with Crippen molar-refractivity contribution in [2.75, 3.05) is 12.4 Å². The lowest BCUT2D eigenvalue weighted by Crippen LogP contribution is -2.25. The largest absolute Gasteiger partial charge is 0.481 e. The van der Waals surface area contributed by atoms with E-state index < -0.39 is 11.9 Å². The fraction of sp³-hybridized carbons (Fsp3) is 0.385. The van der Waals surface area contributed by atoms with Crippen molar-refractivity contribution in [3.8, 4) is 0 Å². The Hall–Kier alpha value is -2.04. The van der Waals surface area contributed by atoms with Crippen molar-refractivity contribution in [1.29, 1.82) is 5.41 Å². The van der Waals surface area contributed by atoms with E-state index in [4.69, 9.17) is 10.5 Å². The van der Waals surface area contributed by atoms with Crippen LogP contribution >= 0.6 is 0 Å². The van der Waals surface area contributed by atoms with Gasteiger partial charge < -0.3 is 15.7 Å². The molecule has 1 aromatic carbocycles. The van der Waals surface area contributed by atoms with Gasteiger partial charge in [0.25, 0.3) is 0 Å². The summed E-state index contributed by atoms with van der Waals surface area (Å²) in [5.74, 6) is -1.04. The number of carboxylic acid groups (broad SMARTS) is 1. The molecule has 0 saturated heterocycles. The first kappa shape index (κ1) is 14.0. The number of guanidine groups is 1. The lowest BCUT2D eigenvalue weighted by atomic mass is 9.94. The van der Waals surface area contributed by atoms with Crippen LogP contribution in [0, 0.1) is 5.41 Å². The molecule has 0 spiro atoms. The summed E-state index contributed by atoms with van der Waals surface area (Å²) in [6, 6.07) is 7.15. The zero-order chi connectivity index (χ0) is 13.5. The van der Waals surface area contributed by atoms with E-state index in [1.807, 2.05) is 6.92 Å². The minimum absolute atomic E-state index is 0.200. The molecule has 0 aliphatic carbocycles. The van der Waals surface area contributed by atoms with Gasteiger partial charge in [-0.15, -0.1) is 0 Å². The van der Waals surface area contributed by atoms with Crippen LogP contribution in [0.25, 0.3) is 0 Å². The molecule has 0 aliphatic rings. The van der Waals surface area contributed by atoms with Crippen LogP contribution in [0.3, 0.4) is 0 Å². The second kappa shape index (κ2) is 6.64. The highest BCUT2D eigenvalue weighted by atomic mass is 16.4. The zero-order valence-electron chi connectivity index (χ0n) is 10.7. The summed E-state index contributed by atoms with van der Waals surface area (Å²) in [7, 11) is 1.66. The molecular formula is C13H19N3O2. The summed E-state index contributed by atoms with van der Waals surface area (Å²) in [6.45, 7) is 1.97. The molecule has 0 aromatic heterocycles. The molecule has 0 fully saturated rings. The molecule has 5 nitrogen and oxygen atoms in total. The average molecular weight is 249 g/mol. The van der Waals surface area contributed by atoms with Crippen molar-refractivity contribution in [2.45, 2.75) is 25.7 Å². The fourth-order valence-electron chi connectivity index (χ4n) is 1.73. The Morgan fingerprint density at radius 2 is 2.00 bits per heavy atom. The maximum absolute atomic E-state index is 11.1. The Labute approximate surface area is 107 Å². The quantitative estimate of drug-likeness (QED) is 0.476. The zero-order valence-corrected chi connectivity index (χ0v) is 10.7. The van der Waals surface area contributed by atoms with E-state index in [2.05, 4.69) is 10.6 Å². The minimum atomic E-state index is -0.791. The van der Waals surface area contributed by atoms with E-state index in [1.54, 1.807) is 31.3 Å². The lowest BCUT2D eigenvalue weighted by Gasteiger charge is -2.13. The Kier molecular flexibility index (Phi) is 5.17. The van der Waals surface area contributed by atoms with Crippen molar-refractivity contribution in [3.63, 3.8) is 0 Å². The van der Waals surface area contributed by atoms with Crippen LogP contribution < -0.4 is 10.6 Å². The number of benzene rings is 1. The molecular weight excluding hydrogens is 230 g/mol. The van der Waals surface area contributed by atoms with Crippen molar-refractivity contribution < 1.29 is 9.90 Å². The minimum Gasteiger partial charge on any atom is -0.481 e. The van der Waals surface area contributed by atoms with Crippen LogP contribution in [0.15, 0.2) is 24.3 Å². The van der Waals surface area contributed by atoms with E-state index in [-0.39, 0.29) is 5.96 Å². The van der Waals surface area contributed by atoms with Crippen molar-refractivity contribution in [1.82, 2.24) is 5.32 Å². The van der Waals surface area contributed by atoms with Crippen LogP contribution in [0.1, 0.15) is 31.2 Å². The molecule has 1 atom stereocenters. The summed E-state index contributed by atoms with van der Waals surface area (Å²) in [5, 5.41) is 22.1. The number of rotatable bonds is 5. The van der Waals surface area contributed by atoms with Crippen LogP contribution in [0.4, 0.5) is 5.69 Å². The van der Waals surface area contributed by atoms with Crippen LogP contribution in [0.5, 0.6) is 0 Å². The Morgan fingerprint density at radius 1 is 1.39 bits per heavy atom. The summed E-state index contributed by atoms with van der Waals surface area (Å²) >= 11 is 0. The number of carboxylic acids is 1. The molecule has 0 amide bonds. The van der Waals surface area contributed by atoms with E-state index in [9.17, 15) is 4.79 Å². The monoisotopic (exact) mass is 249 g/mol. The number of anilines is 1. The maximum atomic E-state index is 11.1. The fourth-order valence-corrected chi connectivity index (χ4v) is 1.73. The Bertz CT molecular complexity index is 415. The van der Waals surface area contributed by atoms with Crippen LogP contribution in [0.2, 0.25) is 0 Å². The van der Waals surface area contributed by atoms with E-state index in [1.165, 1.54) is 0 Å². The second-order valence-corrected chi connectivity index (χ2v) is 4.05. The highest BCUT2D eigenvalue weighted by Gasteiger charge is 2.18. The molecule has 5 heteroatoms. The van der Waals surface area contributed by atoms with E-state index in [0.717, 1.165) is 17.7 Å². The third-order valence-electron chi connectivity index (χ3n) is 2.71. The SMILES string of the molecule is CCCC(C(=O)O)c1ccc(NC(=N)NC)cc1. The van der Waals surface area contributed by atoms with Gasteiger partial charge in [0.1, 0.15) is 0 Å². The van der Waals surface area contributed by atoms with Crippen LogP contribution in [-0.2, 0) is 4.79 Å². The normalized spacial score (nSPS) is 11.7. The first-order valence-electron chi connectivity index (χ1n) is 5.94. The lowest BCUT2D eigenvalue weighted by molar-refractivity contribution is -0.139. The van der Waals surface area contributed by atoms with Gasteiger partial charge in [-0.25, -0.2) is 0 Å². The number of carbonyl (C=O) groups is 1. The van der Waals surface area contributed by atoms with Gasteiger partial charge in [-0.1, -0.05) is 25.5 Å². The van der Waals surface area contributed by atoms with Crippen molar-refractivity contribution in [2.24, 2.45) is 0 Å². The standard InChI is InChI=1S/C13H19N3O2/c1-3-4-11(12(17)18)9-5-7-10(8-6-9)16-13(14)15-2/h5-8,11H,3-4H2,1-2H3,(H,17,18)(H3,14,15,16). The van der Waals surface area contributed by atoms with Gasteiger partial charge in [-0.2, -0.15) is 0 Å². The number of aliphatic carboxylic acids is 1. The predicted molar refractivity (Wildman–Crippen MR) is 72.1 cm³/mol. The Morgan fingerprint density at radius 3 is 2.44 bits per heavy atom. The molecule has 1 unspecified atom stereocenters. The Balaban J connectivity index is 2.80. The number of nitrogens with one attached hydrogen (secondary N) is 3. The third-order valence-corrected chi connectivity index (χ3v) is 2.71. The second-order valence-electron chi connectivity index (χ2n) is 4.05. The predicted octanol–water partition coefficient (Wildman–Crippen LogP) is 2.22. The summed E-state index contributed by atoms with van der Waals surface area (Å²) in [6.07, 6.45) is 1.47. The summed E-state index contributed by atoms with van der Waals surface area (Å²) in [4.78, 5) is 11.1. The summed E-state index contributed by atoms with van der Waals surface area (Å²) < 4.78 is 0. The van der Waals surface area contributed by atoms with Gasteiger partial charge in [0.05, 0.1) is 5.92 Å². The van der Waals surface area contributed by atoms with Gasteiger partial charge in [0.15, 0.2) is 5.96 Å². The topological polar surface area (TPSA) is 85.2 Å². The van der Waals surface area contributed by atoms with E-state index >= 15 is 0 Å². The third kappa shape index (κ3) is 3.76. The molecule has 1 aromatic rings. The van der Waals surface area contributed by atoms with Crippen LogP contribution in [-0.4, -0.2) is 24.1 Å². The number of hydrogen-bond acceptors (Lipinski definition) is 2. The molecule has 0 heterocycles. The van der Waals surface area contributed by atoms with Gasteiger partial charge in [0.2, 0.25) is 0 Å².